The van der Waals surface area contributed by atoms with E-state index >= 15 is 0 Å². The summed E-state index contributed by atoms with van der Waals surface area (Å²) in [5.41, 5.74) is 2.42. The van der Waals surface area contributed by atoms with Crippen molar-refractivity contribution in [1.82, 2.24) is 0 Å². The Labute approximate surface area is 95.9 Å². The Morgan fingerprint density at radius 1 is 1.40 bits per heavy atom. The highest BCUT2D eigenvalue weighted by atomic mass is 32.2. The van der Waals surface area contributed by atoms with Crippen LogP contribution in [0.4, 0.5) is 0 Å². The number of aliphatic hydroxyl groups is 1. The van der Waals surface area contributed by atoms with E-state index in [0.717, 1.165) is 24.2 Å². The molecule has 1 fully saturated rings. The minimum absolute atomic E-state index is 0.258. The van der Waals surface area contributed by atoms with Gasteiger partial charge in [0.25, 0.3) is 0 Å². The van der Waals surface area contributed by atoms with E-state index in [9.17, 15) is 5.11 Å². The van der Waals surface area contributed by atoms with E-state index in [-0.39, 0.29) is 6.10 Å². The molecule has 15 heavy (non-hydrogen) atoms. The van der Waals surface area contributed by atoms with E-state index in [1.807, 2.05) is 11.8 Å². The Hall–Kier alpha value is -0.470. The first-order chi connectivity index (χ1) is 7.31. The average Bonchev–Trinajstić information content (AvgIpc) is 2.82. The smallest absolute Gasteiger partial charge is 0.0826 e. The molecule has 2 unspecified atom stereocenters. The molecular formula is C13H18OS. The van der Waals surface area contributed by atoms with Crippen LogP contribution >= 0.6 is 11.8 Å². The van der Waals surface area contributed by atoms with Gasteiger partial charge in [0.1, 0.15) is 0 Å². The number of hydrogen-bond donors (Lipinski definition) is 1. The molecule has 2 heteroatoms. The maximum atomic E-state index is 10.2. The third-order valence-electron chi connectivity index (χ3n) is 3.14. The number of benzene rings is 1. The van der Waals surface area contributed by atoms with Gasteiger partial charge in [0.2, 0.25) is 0 Å². The molecule has 1 aromatic rings. The fourth-order valence-electron chi connectivity index (χ4n) is 2.02. The molecule has 0 amide bonds. The van der Waals surface area contributed by atoms with Crippen LogP contribution in [-0.4, -0.2) is 16.6 Å². The first kappa shape index (κ1) is 11.0. The number of hydrogen-bond acceptors (Lipinski definition) is 2. The van der Waals surface area contributed by atoms with Crippen molar-refractivity contribution in [2.24, 2.45) is 5.92 Å². The molecule has 0 aromatic heterocycles. The van der Waals surface area contributed by atoms with Crippen LogP contribution in [0.25, 0.3) is 0 Å². The second kappa shape index (κ2) is 5.04. The van der Waals surface area contributed by atoms with Crippen LogP contribution in [0, 0.1) is 5.92 Å². The quantitative estimate of drug-likeness (QED) is 0.848. The van der Waals surface area contributed by atoms with Gasteiger partial charge < -0.3 is 5.11 Å². The lowest BCUT2D eigenvalue weighted by molar-refractivity contribution is 0.121. The second-order valence-corrected chi connectivity index (χ2v) is 5.31. The van der Waals surface area contributed by atoms with Crippen molar-refractivity contribution in [3.05, 3.63) is 35.4 Å². The summed E-state index contributed by atoms with van der Waals surface area (Å²) < 4.78 is 0. The van der Waals surface area contributed by atoms with Crippen LogP contribution in [0.1, 0.15) is 30.6 Å². The summed E-state index contributed by atoms with van der Waals surface area (Å²) in [5, 5.41) is 10.2. The third-order valence-corrected chi connectivity index (χ3v) is 4.33. The largest absolute Gasteiger partial charge is 0.388 e. The SMILES string of the molecule is CCc1ccc(C(O)C2CCSC2)cc1. The minimum Gasteiger partial charge on any atom is -0.388 e. The predicted molar refractivity (Wildman–Crippen MR) is 66.2 cm³/mol. The van der Waals surface area contributed by atoms with E-state index in [1.165, 1.54) is 11.3 Å². The van der Waals surface area contributed by atoms with Crippen LogP contribution in [0.3, 0.4) is 0 Å². The minimum atomic E-state index is -0.258. The Bertz CT molecular complexity index is 301. The van der Waals surface area contributed by atoms with Gasteiger partial charge in [0, 0.05) is 0 Å². The normalized spacial score (nSPS) is 22.9. The molecule has 1 aliphatic heterocycles. The molecule has 1 aliphatic rings. The molecule has 1 N–H and O–H groups in total. The van der Waals surface area contributed by atoms with Crippen molar-refractivity contribution in [3.63, 3.8) is 0 Å². The van der Waals surface area contributed by atoms with E-state index in [4.69, 9.17) is 0 Å². The maximum Gasteiger partial charge on any atom is 0.0826 e. The van der Waals surface area contributed by atoms with Crippen molar-refractivity contribution in [2.45, 2.75) is 25.9 Å². The molecule has 2 atom stereocenters. The van der Waals surface area contributed by atoms with E-state index in [2.05, 4.69) is 31.2 Å². The molecule has 1 saturated heterocycles. The molecule has 0 aliphatic carbocycles. The molecule has 0 spiro atoms. The van der Waals surface area contributed by atoms with Crippen LogP contribution in [-0.2, 0) is 6.42 Å². The second-order valence-electron chi connectivity index (χ2n) is 4.16. The third kappa shape index (κ3) is 2.56. The summed E-state index contributed by atoms with van der Waals surface area (Å²) >= 11 is 1.95. The highest BCUT2D eigenvalue weighted by Crippen LogP contribution is 2.33. The van der Waals surface area contributed by atoms with Crippen LogP contribution in [0.2, 0.25) is 0 Å². The number of rotatable bonds is 3. The number of aliphatic hydroxyl groups excluding tert-OH is 1. The number of thioether (sulfide) groups is 1. The van der Waals surface area contributed by atoms with E-state index in [1.54, 1.807) is 0 Å². The fourth-order valence-corrected chi connectivity index (χ4v) is 3.31. The van der Waals surface area contributed by atoms with Crippen molar-refractivity contribution in [2.75, 3.05) is 11.5 Å². The Balaban J connectivity index is 2.07. The predicted octanol–water partition coefficient (Wildman–Crippen LogP) is 3.04. The Morgan fingerprint density at radius 3 is 2.67 bits per heavy atom. The number of aryl methyl sites for hydroxylation is 1. The zero-order chi connectivity index (χ0) is 10.7. The van der Waals surface area contributed by atoms with E-state index in [0.29, 0.717) is 5.92 Å². The summed E-state index contributed by atoms with van der Waals surface area (Å²) in [4.78, 5) is 0. The zero-order valence-corrected chi connectivity index (χ0v) is 9.96. The lowest BCUT2D eigenvalue weighted by Crippen LogP contribution is -2.11. The van der Waals surface area contributed by atoms with Gasteiger partial charge in [-0.05, 0) is 41.4 Å². The van der Waals surface area contributed by atoms with Crippen molar-refractivity contribution in [3.8, 4) is 0 Å². The van der Waals surface area contributed by atoms with Gasteiger partial charge in [0.15, 0.2) is 0 Å². The highest BCUT2D eigenvalue weighted by molar-refractivity contribution is 7.99. The molecular weight excluding hydrogens is 204 g/mol. The maximum absolute atomic E-state index is 10.2. The summed E-state index contributed by atoms with van der Waals surface area (Å²) in [5.74, 6) is 2.77. The summed E-state index contributed by atoms with van der Waals surface area (Å²) in [6, 6.07) is 8.40. The Morgan fingerprint density at radius 2 is 2.13 bits per heavy atom. The van der Waals surface area contributed by atoms with Gasteiger partial charge in [-0.2, -0.15) is 11.8 Å². The standard InChI is InChI=1S/C13H18OS/c1-2-10-3-5-11(6-4-10)13(14)12-7-8-15-9-12/h3-6,12-14H,2,7-9H2,1H3. The molecule has 1 aromatic carbocycles. The van der Waals surface area contributed by atoms with Crippen LogP contribution < -0.4 is 0 Å². The highest BCUT2D eigenvalue weighted by Gasteiger charge is 2.24. The molecule has 0 radical (unpaired) electrons. The van der Waals surface area contributed by atoms with Gasteiger partial charge in [-0.3, -0.25) is 0 Å². The zero-order valence-electron chi connectivity index (χ0n) is 9.15. The molecule has 1 heterocycles. The molecule has 1 nitrogen and oxygen atoms in total. The molecule has 2 rings (SSSR count). The topological polar surface area (TPSA) is 20.2 Å². The molecule has 82 valence electrons. The molecule has 0 bridgehead atoms. The summed E-state index contributed by atoms with van der Waals surface area (Å²) in [7, 11) is 0. The van der Waals surface area contributed by atoms with Crippen LogP contribution in [0.5, 0.6) is 0 Å². The van der Waals surface area contributed by atoms with Gasteiger partial charge in [-0.25, -0.2) is 0 Å². The lowest BCUT2D eigenvalue weighted by atomic mass is 9.94. The average molecular weight is 222 g/mol. The van der Waals surface area contributed by atoms with Gasteiger partial charge in [0.05, 0.1) is 6.10 Å². The van der Waals surface area contributed by atoms with Gasteiger partial charge >= 0.3 is 0 Å². The van der Waals surface area contributed by atoms with Gasteiger partial charge in [-0.15, -0.1) is 0 Å². The monoisotopic (exact) mass is 222 g/mol. The fraction of sp³-hybridized carbons (Fsp3) is 0.538. The summed E-state index contributed by atoms with van der Waals surface area (Å²) in [6.07, 6.45) is 1.96. The van der Waals surface area contributed by atoms with Crippen molar-refractivity contribution in [1.29, 1.82) is 0 Å². The molecule has 0 saturated carbocycles. The van der Waals surface area contributed by atoms with Gasteiger partial charge in [-0.1, -0.05) is 31.2 Å². The first-order valence-corrected chi connectivity index (χ1v) is 6.81. The van der Waals surface area contributed by atoms with Crippen LogP contribution in [0.15, 0.2) is 24.3 Å². The van der Waals surface area contributed by atoms with Crippen molar-refractivity contribution < 1.29 is 5.11 Å². The van der Waals surface area contributed by atoms with E-state index < -0.39 is 0 Å². The Kier molecular flexibility index (Phi) is 3.71. The lowest BCUT2D eigenvalue weighted by Gasteiger charge is -2.17. The van der Waals surface area contributed by atoms with Crippen molar-refractivity contribution >= 4 is 11.8 Å². The first-order valence-electron chi connectivity index (χ1n) is 5.66. The summed E-state index contributed by atoms with van der Waals surface area (Å²) in [6.45, 7) is 2.15.